The third-order valence-corrected chi connectivity index (χ3v) is 6.35. The highest BCUT2D eigenvalue weighted by Crippen LogP contribution is 2.30. The fraction of sp³-hybridized carbons (Fsp3) is 0.588. The maximum atomic E-state index is 12.8. The van der Waals surface area contributed by atoms with Gasteiger partial charge >= 0.3 is 0 Å². The summed E-state index contributed by atoms with van der Waals surface area (Å²) in [5.41, 5.74) is 1.20. The van der Waals surface area contributed by atoms with Gasteiger partial charge in [0.15, 0.2) is 0 Å². The number of carbonyl (C=O) groups is 1. The van der Waals surface area contributed by atoms with Crippen molar-refractivity contribution in [3.63, 3.8) is 0 Å². The number of hydrogen-bond acceptors (Lipinski definition) is 3. The van der Waals surface area contributed by atoms with Gasteiger partial charge in [0.2, 0.25) is 10.0 Å². The number of amides is 1. The van der Waals surface area contributed by atoms with Gasteiger partial charge < -0.3 is 4.90 Å². The van der Waals surface area contributed by atoms with Crippen LogP contribution in [0.15, 0.2) is 24.3 Å². The molecule has 1 aromatic carbocycles. The van der Waals surface area contributed by atoms with Crippen molar-refractivity contribution < 1.29 is 13.2 Å². The summed E-state index contributed by atoms with van der Waals surface area (Å²) in [6.07, 6.45) is 4.86. The van der Waals surface area contributed by atoms with Gasteiger partial charge in [-0.25, -0.2) is 8.42 Å². The number of nitrogens with zero attached hydrogens (tertiary/aromatic N) is 2. The van der Waals surface area contributed by atoms with E-state index in [4.69, 9.17) is 0 Å². The number of benzene rings is 1. The zero-order valence-electron chi connectivity index (χ0n) is 13.6. The number of sulfonamides is 1. The van der Waals surface area contributed by atoms with Crippen LogP contribution in [0, 0.1) is 0 Å². The molecule has 2 fully saturated rings. The number of hydrogen-bond donors (Lipinski definition) is 0. The van der Waals surface area contributed by atoms with Crippen LogP contribution in [0.2, 0.25) is 0 Å². The highest BCUT2D eigenvalue weighted by atomic mass is 32.2. The Morgan fingerprint density at radius 1 is 1.35 bits per heavy atom. The van der Waals surface area contributed by atoms with Crippen LogP contribution in [0.25, 0.3) is 0 Å². The quantitative estimate of drug-likeness (QED) is 0.802. The smallest absolute Gasteiger partial charge is 0.254 e. The van der Waals surface area contributed by atoms with Crippen LogP contribution in [-0.2, 0) is 10.0 Å². The lowest BCUT2D eigenvalue weighted by molar-refractivity contribution is 0.0740. The third kappa shape index (κ3) is 3.52. The molecule has 1 heterocycles. The van der Waals surface area contributed by atoms with Crippen LogP contribution in [0.3, 0.4) is 0 Å². The molecule has 1 saturated heterocycles. The van der Waals surface area contributed by atoms with Crippen molar-refractivity contribution in [3.05, 3.63) is 29.8 Å². The van der Waals surface area contributed by atoms with Gasteiger partial charge in [0.05, 0.1) is 11.4 Å². The minimum absolute atomic E-state index is 0.0272. The molecule has 23 heavy (non-hydrogen) atoms. The average Bonchev–Trinajstić information content (AvgIpc) is 3.30. The number of rotatable bonds is 6. The topological polar surface area (TPSA) is 57.7 Å². The fourth-order valence-corrected chi connectivity index (χ4v) is 4.61. The second kappa shape index (κ2) is 6.51. The van der Waals surface area contributed by atoms with Gasteiger partial charge in [-0.15, -0.1) is 0 Å². The Kier molecular flexibility index (Phi) is 4.62. The van der Waals surface area contributed by atoms with Crippen LogP contribution < -0.4 is 4.31 Å². The van der Waals surface area contributed by atoms with Crippen LogP contribution in [0.5, 0.6) is 0 Å². The van der Waals surface area contributed by atoms with Gasteiger partial charge in [-0.05, 0) is 43.9 Å². The van der Waals surface area contributed by atoms with E-state index in [-0.39, 0.29) is 11.7 Å². The Bertz CT molecular complexity index is 683. The molecule has 0 atom stereocenters. The Morgan fingerprint density at radius 2 is 2.13 bits per heavy atom. The van der Waals surface area contributed by atoms with E-state index in [1.54, 1.807) is 24.3 Å². The molecular weight excluding hydrogens is 312 g/mol. The van der Waals surface area contributed by atoms with E-state index in [9.17, 15) is 13.2 Å². The second-order valence-electron chi connectivity index (χ2n) is 6.38. The van der Waals surface area contributed by atoms with Gasteiger partial charge in [0, 0.05) is 24.7 Å². The predicted octanol–water partition coefficient (Wildman–Crippen LogP) is 2.63. The third-order valence-electron chi connectivity index (χ3n) is 4.48. The van der Waals surface area contributed by atoms with Crippen molar-refractivity contribution in [3.8, 4) is 0 Å². The molecule has 0 unspecified atom stereocenters. The summed E-state index contributed by atoms with van der Waals surface area (Å²) in [6, 6.07) is 7.44. The molecule has 1 amide bonds. The maximum Gasteiger partial charge on any atom is 0.254 e. The van der Waals surface area contributed by atoms with Crippen molar-refractivity contribution >= 4 is 21.6 Å². The van der Waals surface area contributed by atoms with Crippen LogP contribution in [-0.4, -0.2) is 44.1 Å². The van der Waals surface area contributed by atoms with E-state index < -0.39 is 10.0 Å². The van der Waals surface area contributed by atoms with Crippen LogP contribution in [0.1, 0.15) is 49.4 Å². The molecule has 0 spiro atoms. The molecule has 0 bridgehead atoms. The Balaban J connectivity index is 1.82. The molecule has 5 nitrogen and oxygen atoms in total. The Hall–Kier alpha value is -1.56. The van der Waals surface area contributed by atoms with Gasteiger partial charge in [-0.3, -0.25) is 9.10 Å². The molecule has 1 aromatic rings. The first-order valence-corrected chi connectivity index (χ1v) is 10.1. The number of carbonyl (C=O) groups excluding carboxylic acids is 1. The van der Waals surface area contributed by atoms with E-state index in [1.165, 1.54) is 4.31 Å². The first kappa shape index (κ1) is 16.3. The van der Waals surface area contributed by atoms with Gasteiger partial charge in [-0.1, -0.05) is 19.4 Å². The van der Waals surface area contributed by atoms with Crippen molar-refractivity contribution in [1.82, 2.24) is 4.90 Å². The van der Waals surface area contributed by atoms with Crippen molar-refractivity contribution in [2.45, 2.75) is 45.1 Å². The van der Waals surface area contributed by atoms with E-state index in [2.05, 4.69) is 6.92 Å². The van der Waals surface area contributed by atoms with E-state index in [0.717, 1.165) is 32.2 Å². The first-order valence-electron chi connectivity index (χ1n) is 8.44. The zero-order valence-corrected chi connectivity index (χ0v) is 14.4. The number of unbranched alkanes of at least 4 members (excludes halogenated alkanes) is 1. The Labute approximate surface area is 138 Å². The van der Waals surface area contributed by atoms with Crippen molar-refractivity contribution in [2.24, 2.45) is 0 Å². The minimum Gasteiger partial charge on any atom is -0.336 e. The molecule has 0 aromatic heterocycles. The molecular formula is C17H24N2O3S. The maximum absolute atomic E-state index is 12.8. The fourth-order valence-electron chi connectivity index (χ4n) is 3.05. The van der Waals surface area contributed by atoms with Crippen molar-refractivity contribution in [1.29, 1.82) is 0 Å². The Morgan fingerprint density at radius 3 is 2.74 bits per heavy atom. The van der Waals surface area contributed by atoms with Gasteiger partial charge in [0.25, 0.3) is 5.91 Å². The predicted molar refractivity (Wildman–Crippen MR) is 91.2 cm³/mol. The molecule has 1 saturated carbocycles. The summed E-state index contributed by atoms with van der Waals surface area (Å²) in [5.74, 6) is 0.218. The second-order valence-corrected chi connectivity index (χ2v) is 8.39. The molecule has 3 rings (SSSR count). The highest BCUT2D eigenvalue weighted by Gasteiger charge is 2.33. The van der Waals surface area contributed by atoms with E-state index >= 15 is 0 Å². The van der Waals surface area contributed by atoms with Gasteiger partial charge in [0.1, 0.15) is 0 Å². The lowest BCUT2D eigenvalue weighted by Crippen LogP contribution is -2.34. The SMILES string of the molecule is CCCCN(C(=O)c1cccc(N2CCCS2(=O)=O)c1)C1CC1. The first-order chi connectivity index (χ1) is 11.0. The zero-order chi connectivity index (χ0) is 16.4. The summed E-state index contributed by atoms with van der Waals surface area (Å²) < 4.78 is 25.6. The summed E-state index contributed by atoms with van der Waals surface area (Å²) >= 11 is 0. The highest BCUT2D eigenvalue weighted by molar-refractivity contribution is 7.93. The lowest BCUT2D eigenvalue weighted by Gasteiger charge is -2.23. The number of anilines is 1. The average molecular weight is 336 g/mol. The normalized spacial score (nSPS) is 19.8. The van der Waals surface area contributed by atoms with E-state index in [0.29, 0.717) is 30.3 Å². The van der Waals surface area contributed by atoms with Crippen LogP contribution >= 0.6 is 0 Å². The minimum atomic E-state index is -3.21. The summed E-state index contributed by atoms with van der Waals surface area (Å²) in [4.78, 5) is 14.8. The van der Waals surface area contributed by atoms with Crippen molar-refractivity contribution in [2.75, 3.05) is 23.1 Å². The largest absolute Gasteiger partial charge is 0.336 e. The molecule has 1 aliphatic carbocycles. The van der Waals surface area contributed by atoms with E-state index in [1.807, 2.05) is 4.90 Å². The summed E-state index contributed by atoms with van der Waals surface area (Å²) in [6.45, 7) is 3.41. The summed E-state index contributed by atoms with van der Waals surface area (Å²) in [5, 5.41) is 0. The molecule has 2 aliphatic rings. The van der Waals surface area contributed by atoms with Crippen LogP contribution in [0.4, 0.5) is 5.69 Å². The summed E-state index contributed by atoms with van der Waals surface area (Å²) in [7, 11) is -3.21. The lowest BCUT2D eigenvalue weighted by atomic mass is 10.1. The molecule has 0 radical (unpaired) electrons. The molecule has 126 valence electrons. The molecule has 6 heteroatoms. The monoisotopic (exact) mass is 336 g/mol. The standard InChI is InChI=1S/C17H24N2O3S/c1-2-3-10-18(15-8-9-15)17(20)14-6-4-7-16(13-14)19-11-5-12-23(19,21)22/h4,6-7,13,15H,2-3,5,8-12H2,1H3. The van der Waals surface area contributed by atoms with Gasteiger partial charge in [-0.2, -0.15) is 0 Å². The molecule has 1 aliphatic heterocycles. The molecule has 0 N–H and O–H groups in total.